The highest BCUT2D eigenvalue weighted by atomic mass is 35.5. The Morgan fingerprint density at radius 2 is 1.90 bits per heavy atom. The highest BCUT2D eigenvalue weighted by Gasteiger charge is 2.48. The van der Waals surface area contributed by atoms with Gasteiger partial charge in [0.2, 0.25) is 11.8 Å². The number of imide groups is 1. The van der Waals surface area contributed by atoms with Gasteiger partial charge in [-0.1, -0.05) is 29.3 Å². The van der Waals surface area contributed by atoms with E-state index in [9.17, 15) is 14.4 Å². The minimum Gasteiger partial charge on any atom is -0.495 e. The average Bonchev–Trinajstić information content (AvgIpc) is 2.98. The van der Waals surface area contributed by atoms with Gasteiger partial charge in [-0.15, -0.1) is 0 Å². The molecule has 0 unspecified atom stereocenters. The van der Waals surface area contributed by atoms with Crippen molar-refractivity contribution in [3.8, 4) is 5.75 Å². The fraction of sp³-hybridized carbons (Fsp3) is 0.261. The van der Waals surface area contributed by atoms with Crippen LogP contribution in [0.4, 0.5) is 11.4 Å². The summed E-state index contributed by atoms with van der Waals surface area (Å²) < 4.78 is 5.26. The summed E-state index contributed by atoms with van der Waals surface area (Å²) in [6.07, 6.45) is 3.20. The van der Waals surface area contributed by atoms with Gasteiger partial charge in [0, 0.05) is 10.6 Å². The van der Waals surface area contributed by atoms with Crippen LogP contribution in [0.1, 0.15) is 30.1 Å². The lowest BCUT2D eigenvalue weighted by Crippen LogP contribution is -2.31. The summed E-state index contributed by atoms with van der Waals surface area (Å²) in [5.41, 5.74) is 2.28. The molecule has 1 N–H and O–H groups in total. The number of benzene rings is 2. The van der Waals surface area contributed by atoms with Gasteiger partial charge in [-0.2, -0.15) is 0 Å². The van der Waals surface area contributed by atoms with Crippen molar-refractivity contribution in [1.82, 2.24) is 0 Å². The van der Waals surface area contributed by atoms with Crippen molar-refractivity contribution in [3.63, 3.8) is 0 Å². The molecule has 30 heavy (non-hydrogen) atoms. The first kappa shape index (κ1) is 20.2. The molecule has 2 aliphatic rings. The molecule has 0 saturated carbocycles. The Kier molecular flexibility index (Phi) is 5.35. The van der Waals surface area contributed by atoms with Crippen molar-refractivity contribution >= 4 is 40.7 Å². The molecule has 2 atom stereocenters. The van der Waals surface area contributed by atoms with Crippen molar-refractivity contribution in [2.75, 3.05) is 17.3 Å². The molecule has 0 bridgehead atoms. The van der Waals surface area contributed by atoms with Crippen LogP contribution in [0.25, 0.3) is 0 Å². The maximum absolute atomic E-state index is 12.9. The largest absolute Gasteiger partial charge is 0.495 e. The zero-order chi connectivity index (χ0) is 21.4. The molecule has 4 rings (SSSR count). The summed E-state index contributed by atoms with van der Waals surface area (Å²) >= 11 is 6.02. The number of carbonyl (C=O) groups is 3. The lowest BCUT2D eigenvalue weighted by molar-refractivity contribution is -0.122. The summed E-state index contributed by atoms with van der Waals surface area (Å²) in [6.45, 7) is 1.98. The first-order chi connectivity index (χ1) is 14.4. The van der Waals surface area contributed by atoms with Crippen LogP contribution in [0.3, 0.4) is 0 Å². The van der Waals surface area contributed by atoms with E-state index < -0.39 is 5.91 Å². The SMILES string of the molecule is COc1ccc(Cl)cc1NC(=O)c1cccc(N2C(=O)[C@@H]3CC=C(C)C[C@H]3C2=O)c1. The summed E-state index contributed by atoms with van der Waals surface area (Å²) in [5, 5.41) is 3.23. The van der Waals surface area contributed by atoms with Gasteiger partial charge < -0.3 is 10.1 Å². The molecule has 0 spiro atoms. The van der Waals surface area contributed by atoms with Crippen LogP contribution in [-0.4, -0.2) is 24.8 Å². The molecule has 0 aromatic heterocycles. The number of nitrogens with one attached hydrogen (secondary N) is 1. The molecule has 0 radical (unpaired) electrons. The van der Waals surface area contributed by atoms with Gasteiger partial charge in [-0.3, -0.25) is 19.3 Å². The number of halogens is 1. The zero-order valence-corrected chi connectivity index (χ0v) is 17.4. The molecule has 154 valence electrons. The van der Waals surface area contributed by atoms with E-state index in [1.165, 1.54) is 12.0 Å². The number of rotatable bonds is 4. The van der Waals surface area contributed by atoms with Gasteiger partial charge >= 0.3 is 0 Å². The monoisotopic (exact) mass is 424 g/mol. The van der Waals surface area contributed by atoms with Crippen LogP contribution in [0, 0.1) is 11.8 Å². The van der Waals surface area contributed by atoms with Crippen LogP contribution in [0.2, 0.25) is 5.02 Å². The van der Waals surface area contributed by atoms with Crippen molar-refractivity contribution in [2.45, 2.75) is 19.8 Å². The quantitative estimate of drug-likeness (QED) is 0.581. The number of allylic oxidation sites excluding steroid dienone is 2. The number of methoxy groups -OCH3 is 1. The molecule has 2 aromatic carbocycles. The van der Waals surface area contributed by atoms with Crippen molar-refractivity contribution in [2.24, 2.45) is 11.8 Å². The van der Waals surface area contributed by atoms with Crippen LogP contribution >= 0.6 is 11.6 Å². The number of hydrogen-bond donors (Lipinski definition) is 1. The summed E-state index contributed by atoms with van der Waals surface area (Å²) in [7, 11) is 1.50. The zero-order valence-electron chi connectivity index (χ0n) is 16.6. The minimum atomic E-state index is -0.397. The molecule has 1 aliphatic carbocycles. The molecule has 2 aromatic rings. The molecule has 1 fully saturated rings. The van der Waals surface area contributed by atoms with E-state index in [-0.39, 0.29) is 23.7 Å². The van der Waals surface area contributed by atoms with Gasteiger partial charge in [0.05, 0.1) is 30.3 Å². The van der Waals surface area contributed by atoms with Crippen molar-refractivity contribution < 1.29 is 19.1 Å². The van der Waals surface area contributed by atoms with Gasteiger partial charge in [-0.05, 0) is 56.2 Å². The van der Waals surface area contributed by atoms with E-state index in [0.29, 0.717) is 40.6 Å². The Bertz CT molecular complexity index is 1080. The fourth-order valence-corrected chi connectivity index (χ4v) is 4.22. The number of fused-ring (bicyclic) bond motifs is 1. The van der Waals surface area contributed by atoms with Gasteiger partial charge in [0.1, 0.15) is 5.75 Å². The topological polar surface area (TPSA) is 75.7 Å². The predicted molar refractivity (Wildman–Crippen MR) is 115 cm³/mol. The van der Waals surface area contributed by atoms with E-state index in [2.05, 4.69) is 5.32 Å². The fourth-order valence-electron chi connectivity index (χ4n) is 4.05. The van der Waals surface area contributed by atoms with E-state index in [0.717, 1.165) is 5.57 Å². The Labute approximate surface area is 179 Å². The second kappa shape index (κ2) is 7.95. The molecule has 6 nitrogen and oxygen atoms in total. The normalized spacial score (nSPS) is 20.6. The van der Waals surface area contributed by atoms with Gasteiger partial charge in [-0.25, -0.2) is 0 Å². The Balaban J connectivity index is 1.59. The number of nitrogens with zero attached hydrogens (tertiary/aromatic N) is 1. The predicted octanol–water partition coefficient (Wildman–Crippen LogP) is 4.45. The third-order valence-corrected chi connectivity index (χ3v) is 5.83. The van der Waals surface area contributed by atoms with Crippen LogP contribution in [0.15, 0.2) is 54.1 Å². The van der Waals surface area contributed by atoms with E-state index >= 15 is 0 Å². The molecule has 1 heterocycles. The molecule has 7 heteroatoms. The van der Waals surface area contributed by atoms with E-state index in [1.807, 2.05) is 13.0 Å². The maximum Gasteiger partial charge on any atom is 0.255 e. The highest BCUT2D eigenvalue weighted by molar-refractivity contribution is 6.31. The first-order valence-electron chi connectivity index (χ1n) is 9.67. The van der Waals surface area contributed by atoms with Crippen molar-refractivity contribution in [3.05, 3.63) is 64.7 Å². The Morgan fingerprint density at radius 1 is 1.13 bits per heavy atom. The molecule has 1 aliphatic heterocycles. The Hall–Kier alpha value is -3.12. The summed E-state index contributed by atoms with van der Waals surface area (Å²) in [6, 6.07) is 11.4. The third-order valence-electron chi connectivity index (χ3n) is 5.60. The summed E-state index contributed by atoms with van der Waals surface area (Å²) in [5.74, 6) is -0.980. The highest BCUT2D eigenvalue weighted by Crippen LogP contribution is 2.40. The molecule has 1 saturated heterocycles. The third kappa shape index (κ3) is 3.59. The molecule has 3 amide bonds. The van der Waals surface area contributed by atoms with Crippen molar-refractivity contribution in [1.29, 1.82) is 0 Å². The lowest BCUT2D eigenvalue weighted by atomic mass is 9.82. The van der Waals surface area contributed by atoms with Crippen LogP contribution in [0.5, 0.6) is 5.75 Å². The smallest absolute Gasteiger partial charge is 0.255 e. The Morgan fingerprint density at radius 3 is 2.67 bits per heavy atom. The number of ether oxygens (including phenoxy) is 1. The number of amides is 3. The second-order valence-corrected chi connectivity index (χ2v) is 8.00. The van der Waals surface area contributed by atoms with Gasteiger partial charge in [0.25, 0.3) is 5.91 Å². The van der Waals surface area contributed by atoms with Crippen LogP contribution < -0.4 is 15.0 Å². The van der Waals surface area contributed by atoms with Crippen LogP contribution in [-0.2, 0) is 9.59 Å². The van der Waals surface area contributed by atoms with E-state index in [4.69, 9.17) is 16.3 Å². The number of hydrogen-bond acceptors (Lipinski definition) is 4. The minimum absolute atomic E-state index is 0.202. The first-order valence-corrected chi connectivity index (χ1v) is 10.0. The standard InChI is InChI=1S/C23H21ClN2O4/c1-13-6-8-17-18(10-13)23(29)26(22(17)28)16-5-3-4-14(11-16)21(27)25-19-12-15(24)7-9-20(19)30-2/h3-7,9,11-12,17-18H,8,10H2,1-2H3,(H,25,27)/t17-,18-/m1/s1. The average molecular weight is 425 g/mol. The number of anilines is 2. The second-order valence-electron chi connectivity index (χ2n) is 7.56. The summed E-state index contributed by atoms with van der Waals surface area (Å²) in [4.78, 5) is 39.9. The van der Waals surface area contributed by atoms with E-state index in [1.54, 1.807) is 42.5 Å². The maximum atomic E-state index is 12.9. The number of carbonyl (C=O) groups excluding carboxylic acids is 3. The molecular formula is C23H21ClN2O4. The lowest BCUT2D eigenvalue weighted by Gasteiger charge is -2.18. The molecular weight excluding hydrogens is 404 g/mol. The van der Waals surface area contributed by atoms with Gasteiger partial charge in [0.15, 0.2) is 0 Å².